The quantitative estimate of drug-likeness (QED) is 0.671. The summed E-state index contributed by atoms with van der Waals surface area (Å²) in [6, 6.07) is 11.5. The summed E-state index contributed by atoms with van der Waals surface area (Å²) in [4.78, 5) is 14.7. The highest BCUT2D eigenvalue weighted by molar-refractivity contribution is 5.87. The molecule has 0 aliphatic carbocycles. The third-order valence-electron chi connectivity index (χ3n) is 2.54. The molecule has 2 aromatic carbocycles. The van der Waals surface area contributed by atoms with E-state index in [2.05, 4.69) is 10.2 Å². The van der Waals surface area contributed by atoms with Crippen LogP contribution < -0.4 is 4.74 Å². The van der Waals surface area contributed by atoms with E-state index in [0.717, 1.165) is 0 Å². The molecule has 0 saturated heterocycles. The summed E-state index contributed by atoms with van der Waals surface area (Å²) in [7, 11) is 1.56. The van der Waals surface area contributed by atoms with Crippen LogP contribution in [0.1, 0.15) is 5.56 Å². The summed E-state index contributed by atoms with van der Waals surface area (Å²) in [5.41, 5.74) is 1.29. The lowest BCUT2D eigenvalue weighted by atomic mass is 10.2. The van der Waals surface area contributed by atoms with Gasteiger partial charge in [0.25, 0.3) is 0 Å². The predicted molar refractivity (Wildman–Crippen MR) is 73.8 cm³/mol. The molecule has 0 aromatic heterocycles. The van der Waals surface area contributed by atoms with Gasteiger partial charge in [-0.2, -0.15) is 0 Å². The van der Waals surface area contributed by atoms with Crippen LogP contribution in [-0.2, 0) is 0 Å². The van der Waals surface area contributed by atoms with E-state index >= 15 is 0 Å². The number of aromatic hydroxyl groups is 1. The van der Waals surface area contributed by atoms with Crippen LogP contribution in [0.4, 0.5) is 11.4 Å². The lowest BCUT2D eigenvalue weighted by Crippen LogP contribution is -1.85. The maximum atomic E-state index is 10.4. The van der Waals surface area contributed by atoms with Crippen molar-refractivity contribution in [1.29, 1.82) is 0 Å². The Balaban J connectivity index is 2.34. The van der Waals surface area contributed by atoms with Crippen molar-refractivity contribution >= 4 is 17.6 Å². The fourth-order valence-electron chi connectivity index (χ4n) is 1.58. The molecule has 0 atom stereocenters. The molecule has 0 fully saturated rings. The summed E-state index contributed by atoms with van der Waals surface area (Å²) >= 11 is 0. The van der Waals surface area contributed by atoms with E-state index in [4.69, 9.17) is 4.74 Å². The van der Waals surface area contributed by atoms with Gasteiger partial charge in [-0.1, -0.05) is 12.1 Å². The number of methoxy groups -OCH3 is 1. The Bertz CT molecular complexity index is 624. The van der Waals surface area contributed by atoms with Crippen molar-refractivity contribution in [2.75, 3.05) is 7.11 Å². The van der Waals surface area contributed by atoms with Crippen LogP contribution in [0.2, 0.25) is 0 Å². The average Bonchev–Trinajstić information content (AvgIpc) is 2.46. The zero-order chi connectivity index (χ0) is 13.7. The molecule has 0 aliphatic rings. The Kier molecular flexibility index (Phi) is 3.87. The second kappa shape index (κ2) is 5.77. The number of ether oxygens (including phenoxy) is 1. The van der Waals surface area contributed by atoms with Crippen molar-refractivity contribution in [3.8, 4) is 11.5 Å². The Morgan fingerprint density at radius 1 is 1.21 bits per heavy atom. The van der Waals surface area contributed by atoms with E-state index in [1.54, 1.807) is 19.2 Å². The molecule has 0 unspecified atom stereocenters. The van der Waals surface area contributed by atoms with Gasteiger partial charge in [0.05, 0.1) is 7.11 Å². The van der Waals surface area contributed by atoms with Crippen molar-refractivity contribution in [3.63, 3.8) is 0 Å². The molecule has 0 spiro atoms. The first-order valence-corrected chi connectivity index (χ1v) is 5.58. The number of hydrogen-bond acceptors (Lipinski definition) is 5. The van der Waals surface area contributed by atoms with Gasteiger partial charge in [0.1, 0.15) is 22.9 Å². The SMILES string of the molecule is COc1ccccc1N=Cc1cc(N=O)ccc1O. The number of nitroso groups, excluding NO2 is 1. The molecule has 2 rings (SSSR count). The Morgan fingerprint density at radius 3 is 2.74 bits per heavy atom. The largest absolute Gasteiger partial charge is 0.507 e. The molecule has 96 valence electrons. The average molecular weight is 256 g/mol. The summed E-state index contributed by atoms with van der Waals surface area (Å²) in [5, 5.41) is 12.5. The van der Waals surface area contributed by atoms with Crippen molar-refractivity contribution in [2.24, 2.45) is 10.2 Å². The molecule has 0 heterocycles. The number of nitrogens with zero attached hydrogens (tertiary/aromatic N) is 2. The number of para-hydroxylation sites is 2. The van der Waals surface area contributed by atoms with E-state index in [1.807, 2.05) is 12.1 Å². The standard InChI is InChI=1S/C14H12N2O3/c1-19-14-5-3-2-4-12(14)15-9-10-8-11(16-18)6-7-13(10)17/h2-9,17H,1H3. The third-order valence-corrected chi connectivity index (χ3v) is 2.54. The molecule has 1 N–H and O–H groups in total. The molecule has 19 heavy (non-hydrogen) atoms. The lowest BCUT2D eigenvalue weighted by Gasteiger charge is -2.03. The minimum absolute atomic E-state index is 0.0334. The third kappa shape index (κ3) is 2.95. The second-order valence-corrected chi connectivity index (χ2v) is 3.76. The van der Waals surface area contributed by atoms with E-state index in [1.165, 1.54) is 24.4 Å². The van der Waals surface area contributed by atoms with Gasteiger partial charge in [0, 0.05) is 11.8 Å². The number of phenols is 1. The normalized spacial score (nSPS) is 10.6. The maximum Gasteiger partial charge on any atom is 0.144 e. The number of aliphatic imine (C=N–C) groups is 1. The second-order valence-electron chi connectivity index (χ2n) is 3.76. The fraction of sp³-hybridized carbons (Fsp3) is 0.0714. The number of hydrogen-bond donors (Lipinski definition) is 1. The Morgan fingerprint density at radius 2 is 2.00 bits per heavy atom. The van der Waals surface area contributed by atoms with Gasteiger partial charge in [-0.25, -0.2) is 0 Å². The van der Waals surface area contributed by atoms with Gasteiger partial charge < -0.3 is 9.84 Å². The van der Waals surface area contributed by atoms with Crippen molar-refractivity contribution in [1.82, 2.24) is 0 Å². The Labute approximate surface area is 110 Å². The van der Waals surface area contributed by atoms with E-state index < -0.39 is 0 Å². The zero-order valence-electron chi connectivity index (χ0n) is 10.3. The van der Waals surface area contributed by atoms with Gasteiger partial charge in [-0.05, 0) is 35.5 Å². The van der Waals surface area contributed by atoms with Crippen molar-refractivity contribution < 1.29 is 9.84 Å². The molecule has 2 aromatic rings. The summed E-state index contributed by atoms with van der Waals surface area (Å²) < 4.78 is 5.16. The smallest absolute Gasteiger partial charge is 0.144 e. The van der Waals surface area contributed by atoms with Crippen LogP contribution in [0.25, 0.3) is 0 Å². The topological polar surface area (TPSA) is 71.2 Å². The lowest BCUT2D eigenvalue weighted by molar-refractivity contribution is 0.416. The summed E-state index contributed by atoms with van der Waals surface area (Å²) in [6.45, 7) is 0. The first-order chi connectivity index (χ1) is 9.24. The number of rotatable bonds is 4. The number of phenolic OH excluding ortho intramolecular Hbond substituents is 1. The molecule has 0 bridgehead atoms. The summed E-state index contributed by atoms with van der Waals surface area (Å²) in [5.74, 6) is 0.661. The monoisotopic (exact) mass is 256 g/mol. The molecule has 0 aliphatic heterocycles. The highest BCUT2D eigenvalue weighted by Gasteiger charge is 2.02. The van der Waals surface area contributed by atoms with E-state index in [-0.39, 0.29) is 11.4 Å². The van der Waals surface area contributed by atoms with E-state index in [0.29, 0.717) is 17.0 Å². The van der Waals surface area contributed by atoms with Crippen LogP contribution in [0.3, 0.4) is 0 Å². The molecule has 5 heteroatoms. The highest BCUT2D eigenvalue weighted by Crippen LogP contribution is 2.27. The highest BCUT2D eigenvalue weighted by atomic mass is 16.5. The van der Waals surface area contributed by atoms with Crippen LogP contribution in [-0.4, -0.2) is 18.4 Å². The first-order valence-electron chi connectivity index (χ1n) is 5.58. The minimum atomic E-state index is 0.0334. The molecular weight excluding hydrogens is 244 g/mol. The molecule has 0 radical (unpaired) electrons. The van der Waals surface area contributed by atoms with Gasteiger partial charge >= 0.3 is 0 Å². The van der Waals surface area contributed by atoms with Gasteiger partial charge in [0.2, 0.25) is 0 Å². The van der Waals surface area contributed by atoms with Crippen molar-refractivity contribution in [2.45, 2.75) is 0 Å². The molecule has 0 saturated carbocycles. The molecular formula is C14H12N2O3. The van der Waals surface area contributed by atoms with Crippen LogP contribution in [0, 0.1) is 4.91 Å². The van der Waals surface area contributed by atoms with Gasteiger partial charge in [-0.15, -0.1) is 4.91 Å². The molecule has 0 amide bonds. The molecule has 5 nitrogen and oxygen atoms in total. The van der Waals surface area contributed by atoms with Gasteiger partial charge in [0.15, 0.2) is 0 Å². The van der Waals surface area contributed by atoms with Crippen LogP contribution >= 0.6 is 0 Å². The predicted octanol–water partition coefficient (Wildman–Crippen LogP) is 3.55. The zero-order valence-corrected chi connectivity index (χ0v) is 10.3. The maximum absolute atomic E-state index is 10.4. The van der Waals surface area contributed by atoms with Gasteiger partial charge in [-0.3, -0.25) is 4.99 Å². The Hall–Kier alpha value is -2.69. The first kappa shape index (κ1) is 12.8. The van der Waals surface area contributed by atoms with Crippen LogP contribution in [0.5, 0.6) is 11.5 Å². The summed E-state index contributed by atoms with van der Waals surface area (Å²) in [6.07, 6.45) is 1.46. The minimum Gasteiger partial charge on any atom is -0.507 e. The fourth-order valence-corrected chi connectivity index (χ4v) is 1.58. The van der Waals surface area contributed by atoms with E-state index in [9.17, 15) is 10.0 Å². The van der Waals surface area contributed by atoms with Crippen molar-refractivity contribution in [3.05, 3.63) is 52.9 Å². The number of benzene rings is 2. The van der Waals surface area contributed by atoms with Crippen LogP contribution in [0.15, 0.2) is 52.6 Å².